The molecule has 1 amide bonds. The summed E-state index contributed by atoms with van der Waals surface area (Å²) in [6, 6.07) is 6.81. The molecule has 1 aromatic carbocycles. The number of hydrogen-bond donors (Lipinski definition) is 0. The summed E-state index contributed by atoms with van der Waals surface area (Å²) in [6.45, 7) is 4.96. The van der Waals surface area contributed by atoms with Gasteiger partial charge in [-0.05, 0) is 19.1 Å². The van der Waals surface area contributed by atoms with Crippen LogP contribution in [-0.2, 0) is 21.2 Å². The third-order valence-corrected chi connectivity index (χ3v) is 6.28. The zero-order chi connectivity index (χ0) is 18.7. The fraction of sp³-hybridized carbons (Fsp3) is 0.471. The van der Waals surface area contributed by atoms with Crippen LogP contribution in [0.4, 0.5) is 0 Å². The van der Waals surface area contributed by atoms with Crippen LogP contribution in [0.1, 0.15) is 23.8 Å². The maximum Gasteiger partial charge on any atom is 0.243 e. The number of hydrogen-bond acceptors (Lipinski definition) is 6. The summed E-state index contributed by atoms with van der Waals surface area (Å²) < 4.78 is 32.1. The molecule has 1 fully saturated rings. The second-order valence-electron chi connectivity index (χ2n) is 6.31. The van der Waals surface area contributed by atoms with E-state index in [0.29, 0.717) is 44.4 Å². The highest BCUT2D eigenvalue weighted by molar-refractivity contribution is 7.89. The SMILES string of the molecule is Cc1ccc(S(=O)(=O)N2CCN(C(=O)CCc3nnc(C)o3)CC2)cc1. The summed E-state index contributed by atoms with van der Waals surface area (Å²) in [5, 5.41) is 7.61. The smallest absolute Gasteiger partial charge is 0.243 e. The molecule has 1 aliphatic rings. The van der Waals surface area contributed by atoms with Crippen LogP contribution in [0.15, 0.2) is 33.6 Å². The Morgan fingerprint density at radius 1 is 1.08 bits per heavy atom. The molecule has 2 heterocycles. The molecule has 0 radical (unpaired) electrons. The number of aryl methyl sites for hydroxylation is 3. The van der Waals surface area contributed by atoms with Gasteiger partial charge < -0.3 is 9.32 Å². The summed E-state index contributed by atoms with van der Waals surface area (Å²) >= 11 is 0. The van der Waals surface area contributed by atoms with Crippen LogP contribution < -0.4 is 0 Å². The van der Waals surface area contributed by atoms with Gasteiger partial charge in [0.15, 0.2) is 0 Å². The van der Waals surface area contributed by atoms with E-state index >= 15 is 0 Å². The van der Waals surface area contributed by atoms with E-state index in [4.69, 9.17) is 4.42 Å². The summed E-state index contributed by atoms with van der Waals surface area (Å²) in [4.78, 5) is 14.3. The molecule has 26 heavy (non-hydrogen) atoms. The average Bonchev–Trinajstić information content (AvgIpc) is 3.05. The third kappa shape index (κ3) is 4.10. The summed E-state index contributed by atoms with van der Waals surface area (Å²) in [5.74, 6) is 0.882. The fourth-order valence-corrected chi connectivity index (χ4v) is 4.27. The van der Waals surface area contributed by atoms with E-state index in [9.17, 15) is 13.2 Å². The van der Waals surface area contributed by atoms with Gasteiger partial charge in [0.1, 0.15) is 0 Å². The number of carbonyl (C=O) groups is 1. The fourth-order valence-electron chi connectivity index (χ4n) is 2.85. The van der Waals surface area contributed by atoms with Crippen LogP contribution in [-0.4, -0.2) is 59.9 Å². The summed E-state index contributed by atoms with van der Waals surface area (Å²) in [7, 11) is -3.52. The largest absolute Gasteiger partial charge is 0.426 e. The third-order valence-electron chi connectivity index (χ3n) is 4.37. The minimum atomic E-state index is -3.52. The summed E-state index contributed by atoms with van der Waals surface area (Å²) in [5.41, 5.74) is 1.01. The van der Waals surface area contributed by atoms with Gasteiger partial charge in [0, 0.05) is 45.9 Å². The Labute approximate surface area is 152 Å². The lowest BCUT2D eigenvalue weighted by Crippen LogP contribution is -2.50. The van der Waals surface area contributed by atoms with Crippen molar-refractivity contribution in [3.05, 3.63) is 41.6 Å². The molecular weight excluding hydrogens is 356 g/mol. The molecule has 0 unspecified atom stereocenters. The summed E-state index contributed by atoms with van der Waals surface area (Å²) in [6.07, 6.45) is 0.661. The van der Waals surface area contributed by atoms with E-state index < -0.39 is 10.0 Å². The van der Waals surface area contributed by atoms with Crippen molar-refractivity contribution < 1.29 is 17.6 Å². The molecule has 140 valence electrons. The van der Waals surface area contributed by atoms with Gasteiger partial charge in [-0.1, -0.05) is 17.7 Å². The normalized spacial score (nSPS) is 16.0. The molecular formula is C17H22N4O4S. The second kappa shape index (κ2) is 7.55. The molecule has 1 saturated heterocycles. The number of piperazine rings is 1. The van der Waals surface area contributed by atoms with Gasteiger partial charge in [-0.25, -0.2) is 8.42 Å². The Balaban J connectivity index is 1.54. The maximum atomic E-state index is 12.7. The predicted octanol–water partition coefficient (Wildman–Crippen LogP) is 1.15. The highest BCUT2D eigenvalue weighted by Crippen LogP contribution is 2.18. The van der Waals surface area contributed by atoms with Crippen molar-refractivity contribution in [2.45, 2.75) is 31.6 Å². The Morgan fingerprint density at radius 3 is 2.31 bits per heavy atom. The first-order valence-corrected chi connectivity index (χ1v) is 9.94. The molecule has 3 rings (SSSR count). The van der Waals surface area contributed by atoms with Gasteiger partial charge in [0.25, 0.3) is 0 Å². The molecule has 0 bridgehead atoms. The first kappa shape index (κ1) is 18.5. The first-order valence-electron chi connectivity index (χ1n) is 8.50. The van der Waals surface area contributed by atoms with Crippen molar-refractivity contribution in [1.29, 1.82) is 0 Å². The molecule has 8 nitrogen and oxygen atoms in total. The molecule has 0 saturated carbocycles. The van der Waals surface area contributed by atoms with E-state index in [0.717, 1.165) is 5.56 Å². The number of benzene rings is 1. The van der Waals surface area contributed by atoms with Crippen LogP contribution in [0.2, 0.25) is 0 Å². The van der Waals surface area contributed by atoms with E-state index in [1.807, 2.05) is 6.92 Å². The van der Waals surface area contributed by atoms with Crippen LogP contribution >= 0.6 is 0 Å². The second-order valence-corrected chi connectivity index (χ2v) is 8.25. The van der Waals surface area contributed by atoms with Crippen LogP contribution in [0.25, 0.3) is 0 Å². The number of nitrogens with zero attached hydrogens (tertiary/aromatic N) is 4. The van der Waals surface area contributed by atoms with Gasteiger partial charge in [-0.3, -0.25) is 4.79 Å². The molecule has 0 N–H and O–H groups in total. The minimum Gasteiger partial charge on any atom is -0.426 e. The topological polar surface area (TPSA) is 96.6 Å². The van der Waals surface area contributed by atoms with Crippen molar-refractivity contribution >= 4 is 15.9 Å². The standard InChI is InChI=1S/C17H22N4O4S/c1-13-3-5-15(6-4-13)26(23,24)21-11-9-20(10-12-21)17(22)8-7-16-19-18-14(2)25-16/h3-6H,7-12H2,1-2H3. The zero-order valence-electron chi connectivity index (χ0n) is 14.9. The van der Waals surface area contributed by atoms with Crippen molar-refractivity contribution in [3.63, 3.8) is 0 Å². The van der Waals surface area contributed by atoms with Gasteiger partial charge in [-0.2, -0.15) is 4.31 Å². The van der Waals surface area contributed by atoms with Crippen molar-refractivity contribution in [2.24, 2.45) is 0 Å². The van der Waals surface area contributed by atoms with Gasteiger partial charge in [-0.15, -0.1) is 10.2 Å². The van der Waals surface area contributed by atoms with Crippen molar-refractivity contribution in [3.8, 4) is 0 Å². The number of carbonyl (C=O) groups excluding carboxylic acids is 1. The lowest BCUT2D eigenvalue weighted by atomic mass is 10.2. The first-order chi connectivity index (χ1) is 12.4. The highest BCUT2D eigenvalue weighted by Gasteiger charge is 2.30. The lowest BCUT2D eigenvalue weighted by Gasteiger charge is -2.34. The van der Waals surface area contributed by atoms with Gasteiger partial charge in [0.2, 0.25) is 27.7 Å². The van der Waals surface area contributed by atoms with E-state index in [2.05, 4.69) is 10.2 Å². The van der Waals surface area contributed by atoms with Gasteiger partial charge in [0.05, 0.1) is 4.90 Å². The van der Waals surface area contributed by atoms with Crippen LogP contribution in [0, 0.1) is 13.8 Å². The number of aromatic nitrogens is 2. The Bertz CT molecular complexity index is 868. The molecule has 9 heteroatoms. The average molecular weight is 378 g/mol. The van der Waals surface area contributed by atoms with Gasteiger partial charge >= 0.3 is 0 Å². The van der Waals surface area contributed by atoms with Crippen LogP contribution in [0.5, 0.6) is 0 Å². The van der Waals surface area contributed by atoms with Crippen molar-refractivity contribution in [2.75, 3.05) is 26.2 Å². The number of sulfonamides is 1. The molecule has 1 aliphatic heterocycles. The lowest BCUT2D eigenvalue weighted by molar-refractivity contribution is -0.132. The predicted molar refractivity (Wildman–Crippen MR) is 93.9 cm³/mol. The van der Waals surface area contributed by atoms with Crippen molar-refractivity contribution in [1.82, 2.24) is 19.4 Å². The molecule has 0 atom stereocenters. The quantitative estimate of drug-likeness (QED) is 0.774. The van der Waals surface area contributed by atoms with Crippen LogP contribution in [0.3, 0.4) is 0 Å². The van der Waals surface area contributed by atoms with E-state index in [-0.39, 0.29) is 17.2 Å². The zero-order valence-corrected chi connectivity index (χ0v) is 15.7. The number of amides is 1. The van der Waals surface area contributed by atoms with E-state index in [1.165, 1.54) is 4.31 Å². The minimum absolute atomic E-state index is 0.0340. The molecule has 0 spiro atoms. The molecule has 0 aliphatic carbocycles. The highest BCUT2D eigenvalue weighted by atomic mass is 32.2. The monoisotopic (exact) mass is 378 g/mol. The Hall–Kier alpha value is -2.26. The molecule has 1 aromatic heterocycles. The van der Waals surface area contributed by atoms with E-state index in [1.54, 1.807) is 36.1 Å². The Morgan fingerprint density at radius 2 is 1.73 bits per heavy atom. The number of rotatable bonds is 5. The Kier molecular flexibility index (Phi) is 5.38. The maximum absolute atomic E-state index is 12.7. The molecule has 2 aromatic rings.